The molecule has 4 rings (SSSR count). The number of rotatable bonds is 12. The van der Waals surface area contributed by atoms with Gasteiger partial charge in [-0.1, -0.05) is 6.42 Å². The van der Waals surface area contributed by atoms with Crippen molar-refractivity contribution in [1.29, 1.82) is 0 Å². The van der Waals surface area contributed by atoms with Crippen molar-refractivity contribution in [3.63, 3.8) is 0 Å². The van der Waals surface area contributed by atoms with Gasteiger partial charge in [0.25, 0.3) is 0 Å². The Morgan fingerprint density at radius 2 is 1.60 bits per heavy atom. The Bertz CT molecular complexity index is 1630. The number of fused-ring (bicyclic) bond motifs is 3. The molecule has 0 radical (unpaired) electrons. The van der Waals surface area contributed by atoms with E-state index in [1.54, 1.807) is 19.1 Å². The number of aromatic hydroxyl groups is 2. The van der Waals surface area contributed by atoms with Gasteiger partial charge >= 0.3 is 0 Å². The second kappa shape index (κ2) is 12.9. The zero-order valence-electron chi connectivity index (χ0n) is 26.4. The standard InChI is InChI=1S/C33H38N2O10/c1-16-28(39)26(18(3)36)31-27(29(16)40)33(4)23(45-31)15-20(37)25(32(33)41)17(2)34-12-10-8-9-11-24(38)35-19-13-21(42-5)30(44-7)22(14-19)43-6/h13-15,34,39-40H,8-12H2,1-7H3,(H,35,38)/b25-17+. The number of phenols is 2. The van der Waals surface area contributed by atoms with Crippen LogP contribution in [0.4, 0.5) is 5.69 Å². The normalized spacial score (nSPS) is 17.9. The number of hydrogen-bond donors (Lipinski definition) is 4. The summed E-state index contributed by atoms with van der Waals surface area (Å²) >= 11 is 0. The number of methoxy groups -OCH3 is 3. The minimum atomic E-state index is -1.57. The molecule has 0 saturated carbocycles. The summed E-state index contributed by atoms with van der Waals surface area (Å²) in [5, 5.41) is 27.4. The van der Waals surface area contributed by atoms with E-state index in [1.165, 1.54) is 48.2 Å². The lowest BCUT2D eigenvalue weighted by Crippen LogP contribution is -2.41. The van der Waals surface area contributed by atoms with E-state index in [2.05, 4.69) is 10.6 Å². The number of hydrogen-bond acceptors (Lipinski definition) is 11. The quantitative estimate of drug-likeness (QED) is 0.115. The number of Topliss-reactive ketones (excluding diaryl/α,β-unsaturated/α-hetero) is 2. The molecule has 12 heteroatoms. The van der Waals surface area contributed by atoms with Crippen molar-refractivity contribution >= 4 is 28.9 Å². The number of unbranched alkanes of at least 4 members (excludes halogenated alkanes) is 2. The zero-order valence-corrected chi connectivity index (χ0v) is 26.4. The molecule has 12 nitrogen and oxygen atoms in total. The molecule has 1 aliphatic heterocycles. The summed E-state index contributed by atoms with van der Waals surface area (Å²) in [7, 11) is 4.49. The van der Waals surface area contributed by atoms with Gasteiger partial charge in [-0.2, -0.15) is 0 Å². The molecule has 0 fully saturated rings. The summed E-state index contributed by atoms with van der Waals surface area (Å²) in [5.41, 5.74) is -0.865. The number of ether oxygens (including phenoxy) is 4. The number of phenolic OH excluding ortho intramolecular Hbond substituents is 2. The molecule has 2 aliphatic rings. The van der Waals surface area contributed by atoms with Crippen LogP contribution < -0.4 is 29.6 Å². The monoisotopic (exact) mass is 622 g/mol. The van der Waals surface area contributed by atoms with E-state index in [-0.39, 0.29) is 51.8 Å². The van der Waals surface area contributed by atoms with Crippen LogP contribution in [0.3, 0.4) is 0 Å². The van der Waals surface area contributed by atoms with Crippen LogP contribution in [-0.4, -0.2) is 61.3 Å². The van der Waals surface area contributed by atoms with Gasteiger partial charge < -0.3 is 39.8 Å². The average molecular weight is 623 g/mol. The number of benzene rings is 2. The molecule has 1 heterocycles. The van der Waals surface area contributed by atoms with Crippen molar-refractivity contribution in [2.24, 2.45) is 0 Å². The van der Waals surface area contributed by atoms with Crippen LogP contribution in [0.15, 0.2) is 35.2 Å². The molecule has 4 N–H and O–H groups in total. The van der Waals surface area contributed by atoms with Gasteiger partial charge in [0, 0.05) is 48.1 Å². The number of ketones is 3. The number of anilines is 1. The Labute approximate surface area is 261 Å². The first kappa shape index (κ1) is 32.9. The fourth-order valence-corrected chi connectivity index (χ4v) is 5.69. The Hall–Kier alpha value is -5.00. The van der Waals surface area contributed by atoms with Gasteiger partial charge in [-0.15, -0.1) is 0 Å². The van der Waals surface area contributed by atoms with E-state index >= 15 is 0 Å². The van der Waals surface area contributed by atoms with Crippen molar-refractivity contribution in [3.8, 4) is 34.5 Å². The highest BCUT2D eigenvalue weighted by molar-refractivity contribution is 6.31. The Kier molecular flexibility index (Phi) is 9.45. The predicted octanol–water partition coefficient (Wildman–Crippen LogP) is 4.38. The highest BCUT2D eigenvalue weighted by atomic mass is 16.5. The summed E-state index contributed by atoms with van der Waals surface area (Å²) in [6, 6.07) is 3.30. The zero-order chi connectivity index (χ0) is 33.2. The second-order valence-electron chi connectivity index (χ2n) is 11.1. The Morgan fingerprint density at radius 1 is 0.956 bits per heavy atom. The fourth-order valence-electron chi connectivity index (χ4n) is 5.69. The third-order valence-corrected chi connectivity index (χ3v) is 8.18. The van der Waals surface area contributed by atoms with Crippen molar-refractivity contribution < 1.29 is 48.3 Å². The van der Waals surface area contributed by atoms with Gasteiger partial charge in [-0.3, -0.25) is 19.2 Å². The Morgan fingerprint density at radius 3 is 2.18 bits per heavy atom. The van der Waals surface area contributed by atoms with Crippen molar-refractivity contribution in [2.75, 3.05) is 33.2 Å². The SMILES string of the molecule is COc1cc(NC(=O)CCCCCN/C(C)=C2\C(=O)C=C3Oc4c(C(C)=O)c(O)c(C)c(O)c4C3(C)C2=O)cc(OC)c1OC. The highest BCUT2D eigenvalue weighted by Gasteiger charge is 2.56. The maximum absolute atomic E-state index is 13.9. The molecule has 0 aromatic heterocycles. The number of nitrogens with one attached hydrogen (secondary N) is 2. The van der Waals surface area contributed by atoms with Gasteiger partial charge in [0.2, 0.25) is 11.7 Å². The molecule has 0 bridgehead atoms. The molecule has 1 aliphatic carbocycles. The van der Waals surface area contributed by atoms with Crippen molar-refractivity contribution in [3.05, 3.63) is 51.9 Å². The molecule has 240 valence electrons. The van der Waals surface area contributed by atoms with E-state index in [0.29, 0.717) is 54.4 Å². The van der Waals surface area contributed by atoms with Gasteiger partial charge in [-0.25, -0.2) is 0 Å². The molecule has 1 amide bonds. The average Bonchev–Trinajstić information content (AvgIpc) is 3.29. The lowest BCUT2D eigenvalue weighted by Gasteiger charge is -2.29. The number of amides is 1. The van der Waals surface area contributed by atoms with E-state index in [9.17, 15) is 29.4 Å². The van der Waals surface area contributed by atoms with Crippen molar-refractivity contribution in [1.82, 2.24) is 5.32 Å². The van der Waals surface area contributed by atoms with Crippen LogP contribution in [0.25, 0.3) is 0 Å². The number of allylic oxidation sites excluding steroid dienone is 4. The largest absolute Gasteiger partial charge is 0.507 e. The smallest absolute Gasteiger partial charge is 0.224 e. The minimum absolute atomic E-state index is 0.0170. The third kappa shape index (κ3) is 5.79. The molecule has 0 saturated heterocycles. The van der Waals surface area contributed by atoms with Gasteiger partial charge in [0.15, 0.2) is 28.8 Å². The van der Waals surface area contributed by atoms with Gasteiger partial charge in [0.1, 0.15) is 34.0 Å². The molecule has 1 atom stereocenters. The summed E-state index contributed by atoms with van der Waals surface area (Å²) in [6.45, 7) is 6.26. The first-order chi connectivity index (χ1) is 21.3. The Balaban J connectivity index is 1.39. The summed E-state index contributed by atoms with van der Waals surface area (Å²) in [4.78, 5) is 51.8. The van der Waals surface area contributed by atoms with Gasteiger partial charge in [0.05, 0.1) is 32.5 Å². The number of carbonyl (C=O) groups is 4. The predicted molar refractivity (Wildman–Crippen MR) is 164 cm³/mol. The molecular formula is C33H38N2O10. The first-order valence-electron chi connectivity index (χ1n) is 14.4. The van der Waals surface area contributed by atoms with Crippen LogP contribution in [0, 0.1) is 6.92 Å². The van der Waals surface area contributed by atoms with Crippen LogP contribution in [0.5, 0.6) is 34.5 Å². The minimum Gasteiger partial charge on any atom is -0.507 e. The van der Waals surface area contributed by atoms with E-state index in [4.69, 9.17) is 18.9 Å². The molecule has 45 heavy (non-hydrogen) atoms. The van der Waals surface area contributed by atoms with E-state index < -0.39 is 28.5 Å². The molecular weight excluding hydrogens is 584 g/mol. The topological polar surface area (TPSA) is 170 Å². The summed E-state index contributed by atoms with van der Waals surface area (Å²) < 4.78 is 21.7. The van der Waals surface area contributed by atoms with Gasteiger partial charge in [-0.05, 0) is 40.5 Å². The molecule has 2 aromatic carbocycles. The second-order valence-corrected chi connectivity index (χ2v) is 11.1. The lowest BCUT2D eigenvalue weighted by atomic mass is 9.70. The van der Waals surface area contributed by atoms with E-state index in [0.717, 1.165) is 0 Å². The fraction of sp³-hybridized carbons (Fsp3) is 0.394. The van der Waals surface area contributed by atoms with Crippen LogP contribution in [-0.2, 0) is 19.8 Å². The summed E-state index contributed by atoms with van der Waals surface area (Å²) in [5.74, 6) is -1.53. The molecule has 0 spiro atoms. The van der Waals surface area contributed by atoms with Crippen LogP contribution in [0.1, 0.15) is 67.9 Å². The van der Waals surface area contributed by atoms with E-state index in [1.807, 2.05) is 0 Å². The lowest BCUT2D eigenvalue weighted by molar-refractivity contribution is -0.123. The summed E-state index contributed by atoms with van der Waals surface area (Å²) in [6.07, 6.45) is 3.43. The highest BCUT2D eigenvalue weighted by Crippen LogP contribution is 2.57. The molecule has 2 aromatic rings. The van der Waals surface area contributed by atoms with Crippen molar-refractivity contribution in [2.45, 2.75) is 58.8 Å². The first-order valence-corrected chi connectivity index (χ1v) is 14.4. The molecule has 1 unspecified atom stereocenters. The third-order valence-electron chi connectivity index (χ3n) is 8.18. The van der Waals surface area contributed by atoms with Crippen LogP contribution >= 0.6 is 0 Å². The maximum Gasteiger partial charge on any atom is 0.224 e. The number of carbonyl (C=O) groups excluding carboxylic acids is 4. The maximum atomic E-state index is 13.9. The van der Waals surface area contributed by atoms with Crippen LogP contribution in [0.2, 0.25) is 0 Å².